The van der Waals surface area contributed by atoms with Crippen LogP contribution in [0.15, 0.2) is 49.3 Å². The Morgan fingerprint density at radius 3 is 2.67 bits per heavy atom. The Hall–Kier alpha value is -3.11. The Balaban J connectivity index is 1.93. The van der Waals surface area contributed by atoms with Gasteiger partial charge < -0.3 is 18.7 Å². The number of nitrogens with zero attached hydrogens (tertiary/aromatic N) is 3. The highest BCUT2D eigenvalue weighted by molar-refractivity contribution is 8.03. The second-order valence-electron chi connectivity index (χ2n) is 5.11. The summed E-state index contributed by atoms with van der Waals surface area (Å²) in [7, 11) is 0. The molecule has 11 heteroatoms. The van der Waals surface area contributed by atoms with Crippen molar-refractivity contribution in [2.45, 2.75) is 12.1 Å². The molecule has 0 radical (unpaired) electrons. The highest BCUT2D eigenvalue weighted by Gasteiger charge is 2.19. The maximum Gasteiger partial charge on any atom is 0.281 e. The fourth-order valence-corrected chi connectivity index (χ4v) is 2.97. The third kappa shape index (κ3) is 4.36. The Kier molecular flexibility index (Phi) is 5.28. The molecule has 138 valence electrons. The summed E-state index contributed by atoms with van der Waals surface area (Å²) >= 11 is 6.50. The molecule has 0 saturated heterocycles. The average molecular weight is 407 g/mol. The van der Waals surface area contributed by atoms with Crippen molar-refractivity contribution in [3.8, 4) is 11.3 Å². The summed E-state index contributed by atoms with van der Waals surface area (Å²) < 4.78 is 10.6. The molecule has 1 aromatic carbocycles. The zero-order valence-electron chi connectivity index (χ0n) is 13.5. The smallest absolute Gasteiger partial charge is 0.281 e. The normalized spacial score (nSPS) is 11.6. The number of carbonyl (C=O) groups is 1. The molecule has 9 nitrogen and oxygen atoms in total. The van der Waals surface area contributed by atoms with Crippen molar-refractivity contribution in [1.82, 2.24) is 10.2 Å². The Bertz CT molecular complexity index is 1060. The van der Waals surface area contributed by atoms with Crippen molar-refractivity contribution < 1.29 is 23.7 Å². The van der Waals surface area contributed by atoms with Gasteiger partial charge in [-0.05, 0) is 42.1 Å². The van der Waals surface area contributed by atoms with Gasteiger partial charge in [-0.15, -0.1) is 10.2 Å². The van der Waals surface area contributed by atoms with Crippen molar-refractivity contribution in [2.24, 2.45) is 0 Å². The van der Waals surface area contributed by atoms with Gasteiger partial charge in [0.25, 0.3) is 10.9 Å². The number of thioether (sulfide) groups is 1. The largest absolute Gasteiger partial charge is 0.544 e. The van der Waals surface area contributed by atoms with Crippen molar-refractivity contribution in [2.75, 3.05) is 0 Å². The molecule has 0 amide bonds. The topological polar surface area (TPSA) is 135 Å². The molecule has 3 aromatic rings. The van der Waals surface area contributed by atoms with Gasteiger partial charge in [-0.3, -0.25) is 10.1 Å². The number of carboxylic acid groups (broad SMARTS) is 1. The molecule has 2 aromatic heterocycles. The van der Waals surface area contributed by atoms with Gasteiger partial charge in [-0.25, -0.2) is 0 Å². The molecule has 0 fully saturated rings. The predicted octanol–water partition coefficient (Wildman–Crippen LogP) is 3.08. The van der Waals surface area contributed by atoms with Crippen LogP contribution in [0, 0.1) is 17.0 Å². The van der Waals surface area contributed by atoms with E-state index in [1.165, 1.54) is 36.4 Å². The number of furan rings is 1. The van der Waals surface area contributed by atoms with E-state index in [0.717, 1.165) is 0 Å². The van der Waals surface area contributed by atoms with Crippen LogP contribution < -0.4 is 5.11 Å². The van der Waals surface area contributed by atoms with Gasteiger partial charge in [0, 0.05) is 22.9 Å². The van der Waals surface area contributed by atoms with Crippen LogP contribution in [0.4, 0.5) is 5.69 Å². The summed E-state index contributed by atoms with van der Waals surface area (Å²) in [4.78, 5) is 21.7. The van der Waals surface area contributed by atoms with Crippen molar-refractivity contribution in [3.05, 3.63) is 62.0 Å². The molecule has 3 rings (SSSR count). The lowest BCUT2D eigenvalue weighted by atomic mass is 10.1. The fraction of sp³-hybridized carbons (Fsp3) is 0.0625. The molecule has 0 N–H and O–H groups in total. The van der Waals surface area contributed by atoms with Crippen molar-refractivity contribution >= 4 is 41.1 Å². The molecule has 2 heterocycles. The number of aryl methyl sites for hydroxylation is 1. The second kappa shape index (κ2) is 7.64. The van der Waals surface area contributed by atoms with E-state index in [1.807, 2.05) is 0 Å². The highest BCUT2D eigenvalue weighted by atomic mass is 35.5. The number of nitro groups is 1. The van der Waals surface area contributed by atoms with Crippen LogP contribution in [0.1, 0.15) is 11.7 Å². The summed E-state index contributed by atoms with van der Waals surface area (Å²) in [5.41, 5.74) is -0.0255. The van der Waals surface area contributed by atoms with E-state index in [1.54, 1.807) is 6.92 Å². The molecule has 0 atom stereocenters. The number of hydrogen-bond donors (Lipinski definition) is 0. The summed E-state index contributed by atoms with van der Waals surface area (Å²) in [6.07, 6.45) is 1.20. The molecule has 0 aliphatic carbocycles. The van der Waals surface area contributed by atoms with Gasteiger partial charge in [0.1, 0.15) is 11.5 Å². The standard InChI is InChI=1S/C16H10ClN3O6S/c1-8-18-19-16(25-8)27-14(15(21)22)7-10-3-5-13(26-10)11-4-2-9(17)6-12(11)20(23)24/h2-7H,1H3,(H,21,22)/p-1/b14-7-. The van der Waals surface area contributed by atoms with Crippen LogP contribution in [0.5, 0.6) is 0 Å². The van der Waals surface area contributed by atoms with E-state index in [0.29, 0.717) is 11.8 Å². The van der Waals surface area contributed by atoms with Gasteiger partial charge in [0.15, 0.2) is 0 Å². The first kappa shape index (κ1) is 18.7. The van der Waals surface area contributed by atoms with Crippen LogP contribution in [-0.4, -0.2) is 21.1 Å². The SMILES string of the molecule is Cc1nnc(S/C(=C\c2ccc(-c3ccc(Cl)cc3[N+](=O)[O-])o2)C(=O)[O-])o1. The molecule has 0 aliphatic heterocycles. The van der Waals surface area contributed by atoms with Gasteiger partial charge in [-0.1, -0.05) is 11.6 Å². The highest BCUT2D eigenvalue weighted by Crippen LogP contribution is 2.34. The summed E-state index contributed by atoms with van der Waals surface area (Å²) in [5.74, 6) is -0.852. The van der Waals surface area contributed by atoms with E-state index in [2.05, 4.69) is 10.2 Å². The van der Waals surface area contributed by atoms with Crippen molar-refractivity contribution in [1.29, 1.82) is 0 Å². The molecule has 0 spiro atoms. The minimum Gasteiger partial charge on any atom is -0.544 e. The van der Waals surface area contributed by atoms with Crippen LogP contribution in [0.2, 0.25) is 5.02 Å². The first-order valence-electron chi connectivity index (χ1n) is 7.28. The number of nitro benzene ring substituents is 1. The minimum absolute atomic E-state index is 0.0306. The number of carboxylic acids is 1. The number of rotatable bonds is 6. The van der Waals surface area contributed by atoms with E-state index >= 15 is 0 Å². The predicted molar refractivity (Wildman–Crippen MR) is 93.7 cm³/mol. The zero-order chi connectivity index (χ0) is 19.6. The molecule has 0 bridgehead atoms. The number of hydrogen-bond acceptors (Lipinski definition) is 9. The van der Waals surface area contributed by atoms with E-state index in [-0.39, 0.29) is 43.8 Å². The van der Waals surface area contributed by atoms with Gasteiger partial charge in [0.2, 0.25) is 5.89 Å². The summed E-state index contributed by atoms with van der Waals surface area (Å²) in [6.45, 7) is 1.57. The van der Waals surface area contributed by atoms with Crippen LogP contribution >= 0.6 is 23.4 Å². The maximum absolute atomic E-state index is 11.3. The minimum atomic E-state index is -1.47. The van der Waals surface area contributed by atoms with Gasteiger partial charge >= 0.3 is 0 Å². The zero-order valence-corrected chi connectivity index (χ0v) is 15.1. The molecule has 0 aliphatic rings. The Morgan fingerprint density at radius 1 is 1.26 bits per heavy atom. The number of aliphatic carboxylic acids is 1. The lowest BCUT2D eigenvalue weighted by Gasteiger charge is -2.04. The monoisotopic (exact) mass is 406 g/mol. The average Bonchev–Trinajstić information content (AvgIpc) is 3.23. The molecular formula is C16H9ClN3O6S-. The second-order valence-corrected chi connectivity index (χ2v) is 6.54. The summed E-state index contributed by atoms with van der Waals surface area (Å²) in [5, 5.41) is 30.1. The van der Waals surface area contributed by atoms with Crippen LogP contribution in [0.3, 0.4) is 0 Å². The van der Waals surface area contributed by atoms with Gasteiger partial charge in [0.05, 0.1) is 16.5 Å². The fourth-order valence-electron chi connectivity index (χ4n) is 2.11. The van der Waals surface area contributed by atoms with E-state index in [9.17, 15) is 20.0 Å². The van der Waals surface area contributed by atoms with Crippen LogP contribution in [0.25, 0.3) is 17.4 Å². The molecule has 0 unspecified atom stereocenters. The van der Waals surface area contributed by atoms with Gasteiger partial charge in [-0.2, -0.15) is 0 Å². The first-order valence-corrected chi connectivity index (χ1v) is 8.48. The Labute approximate surface area is 160 Å². The lowest BCUT2D eigenvalue weighted by molar-refractivity contribution is -0.384. The summed E-state index contributed by atoms with van der Waals surface area (Å²) in [6, 6.07) is 7.09. The first-order chi connectivity index (χ1) is 12.8. The quantitative estimate of drug-likeness (QED) is 0.261. The number of benzene rings is 1. The molecule has 0 saturated carbocycles. The lowest BCUT2D eigenvalue weighted by Crippen LogP contribution is -2.22. The molecule has 27 heavy (non-hydrogen) atoms. The molecular weight excluding hydrogens is 398 g/mol. The third-order valence-electron chi connectivity index (χ3n) is 3.23. The van der Waals surface area contributed by atoms with E-state index < -0.39 is 10.9 Å². The van der Waals surface area contributed by atoms with Crippen molar-refractivity contribution in [3.63, 3.8) is 0 Å². The van der Waals surface area contributed by atoms with Crippen LogP contribution in [-0.2, 0) is 4.79 Å². The number of aromatic nitrogens is 2. The third-order valence-corrected chi connectivity index (χ3v) is 4.31. The Morgan fingerprint density at radius 2 is 2.04 bits per heavy atom. The maximum atomic E-state index is 11.3. The van der Waals surface area contributed by atoms with E-state index in [4.69, 9.17) is 20.4 Å². The number of halogens is 1. The number of carbonyl (C=O) groups excluding carboxylic acids is 1.